The van der Waals surface area contributed by atoms with Crippen LogP contribution in [0.3, 0.4) is 0 Å². The molecule has 2 aromatic heterocycles. The van der Waals surface area contributed by atoms with Gasteiger partial charge in [-0.1, -0.05) is 6.92 Å². The van der Waals surface area contributed by atoms with Gasteiger partial charge in [-0.05, 0) is 24.6 Å². The van der Waals surface area contributed by atoms with Gasteiger partial charge in [0, 0.05) is 19.3 Å². The first-order valence-electron chi connectivity index (χ1n) is 5.64. The highest BCUT2D eigenvalue weighted by Gasteiger charge is 1.99. The van der Waals surface area contributed by atoms with Crippen molar-refractivity contribution in [2.45, 2.75) is 33.0 Å². The molecule has 0 unspecified atom stereocenters. The molecule has 0 spiro atoms. The highest BCUT2D eigenvalue weighted by molar-refractivity contribution is 5.00. The summed E-state index contributed by atoms with van der Waals surface area (Å²) in [6.07, 6.45) is 4.82. The van der Waals surface area contributed by atoms with E-state index in [4.69, 9.17) is 4.42 Å². The van der Waals surface area contributed by atoms with Gasteiger partial charge in [0.25, 0.3) is 0 Å². The van der Waals surface area contributed by atoms with Crippen LogP contribution in [0.2, 0.25) is 0 Å². The zero-order valence-corrected chi connectivity index (χ0v) is 9.52. The van der Waals surface area contributed by atoms with Gasteiger partial charge < -0.3 is 9.73 Å². The van der Waals surface area contributed by atoms with E-state index in [0.717, 1.165) is 37.5 Å². The number of nitrogens with one attached hydrogen (secondary N) is 1. The largest absolute Gasteiger partial charge is 0.468 e. The molecule has 0 aromatic carbocycles. The highest BCUT2D eigenvalue weighted by Crippen LogP contribution is 2.00. The first-order valence-corrected chi connectivity index (χ1v) is 5.64. The maximum atomic E-state index is 5.23. The lowest BCUT2D eigenvalue weighted by atomic mass is 10.4. The lowest BCUT2D eigenvalue weighted by Crippen LogP contribution is -2.13. The van der Waals surface area contributed by atoms with Crippen molar-refractivity contribution < 1.29 is 4.42 Å². The number of rotatable bonds is 6. The molecule has 0 atom stereocenters. The fourth-order valence-corrected chi connectivity index (χ4v) is 1.58. The summed E-state index contributed by atoms with van der Waals surface area (Å²) in [4.78, 5) is 0. The molecular formula is C12H17N3O. The molecule has 0 fully saturated rings. The summed E-state index contributed by atoms with van der Waals surface area (Å²) in [5, 5.41) is 7.73. The van der Waals surface area contributed by atoms with E-state index in [1.165, 1.54) is 0 Å². The average molecular weight is 219 g/mol. The Morgan fingerprint density at radius 3 is 3.06 bits per heavy atom. The van der Waals surface area contributed by atoms with Crippen molar-refractivity contribution >= 4 is 0 Å². The predicted molar refractivity (Wildman–Crippen MR) is 61.8 cm³/mol. The SMILES string of the molecule is CCCn1ccc(CNCc2ccco2)n1. The predicted octanol–water partition coefficient (Wildman–Crippen LogP) is 2.18. The minimum absolute atomic E-state index is 0.744. The van der Waals surface area contributed by atoms with Crippen LogP contribution in [0.5, 0.6) is 0 Å². The highest BCUT2D eigenvalue weighted by atomic mass is 16.3. The molecule has 0 bridgehead atoms. The van der Waals surface area contributed by atoms with E-state index in [2.05, 4.69) is 17.3 Å². The molecule has 0 aliphatic heterocycles. The van der Waals surface area contributed by atoms with Crippen LogP contribution in [0.15, 0.2) is 35.1 Å². The minimum Gasteiger partial charge on any atom is -0.468 e. The molecule has 2 rings (SSSR count). The molecule has 0 amide bonds. The van der Waals surface area contributed by atoms with E-state index in [1.54, 1.807) is 6.26 Å². The topological polar surface area (TPSA) is 43.0 Å². The van der Waals surface area contributed by atoms with Crippen LogP contribution in [-0.4, -0.2) is 9.78 Å². The van der Waals surface area contributed by atoms with Gasteiger partial charge in [0.05, 0.1) is 18.5 Å². The van der Waals surface area contributed by atoms with Crippen molar-refractivity contribution in [3.63, 3.8) is 0 Å². The number of nitrogens with zero attached hydrogens (tertiary/aromatic N) is 2. The van der Waals surface area contributed by atoms with Crippen LogP contribution in [0, 0.1) is 0 Å². The van der Waals surface area contributed by atoms with Gasteiger partial charge in [-0.2, -0.15) is 5.10 Å². The van der Waals surface area contributed by atoms with Crippen LogP contribution in [0.1, 0.15) is 24.8 Å². The summed E-state index contributed by atoms with van der Waals surface area (Å²) in [5.41, 5.74) is 1.07. The van der Waals surface area contributed by atoms with Gasteiger partial charge in [0.2, 0.25) is 0 Å². The van der Waals surface area contributed by atoms with Crippen LogP contribution >= 0.6 is 0 Å². The minimum atomic E-state index is 0.744. The first kappa shape index (κ1) is 11.0. The second-order valence-electron chi connectivity index (χ2n) is 3.75. The maximum Gasteiger partial charge on any atom is 0.117 e. The van der Waals surface area contributed by atoms with Crippen molar-refractivity contribution in [2.24, 2.45) is 0 Å². The van der Waals surface area contributed by atoms with Gasteiger partial charge in [0.15, 0.2) is 0 Å². The summed E-state index contributed by atoms with van der Waals surface area (Å²) in [5.74, 6) is 0.952. The molecule has 16 heavy (non-hydrogen) atoms. The summed E-state index contributed by atoms with van der Waals surface area (Å²) >= 11 is 0. The normalized spacial score (nSPS) is 10.8. The summed E-state index contributed by atoms with van der Waals surface area (Å²) < 4.78 is 7.20. The van der Waals surface area contributed by atoms with Crippen LogP contribution < -0.4 is 5.32 Å². The van der Waals surface area contributed by atoms with E-state index in [-0.39, 0.29) is 0 Å². The summed E-state index contributed by atoms with van der Waals surface area (Å²) in [6.45, 7) is 4.65. The molecule has 0 aliphatic carbocycles. The zero-order chi connectivity index (χ0) is 11.2. The zero-order valence-electron chi connectivity index (χ0n) is 9.52. The smallest absolute Gasteiger partial charge is 0.117 e. The quantitative estimate of drug-likeness (QED) is 0.809. The van der Waals surface area contributed by atoms with E-state index in [0.29, 0.717) is 0 Å². The van der Waals surface area contributed by atoms with E-state index in [9.17, 15) is 0 Å². The number of hydrogen-bond acceptors (Lipinski definition) is 3. The van der Waals surface area contributed by atoms with E-state index >= 15 is 0 Å². The van der Waals surface area contributed by atoms with Gasteiger partial charge >= 0.3 is 0 Å². The third-order valence-corrected chi connectivity index (χ3v) is 2.33. The Kier molecular flexibility index (Phi) is 3.77. The molecule has 1 N–H and O–H groups in total. The number of aromatic nitrogens is 2. The third kappa shape index (κ3) is 2.97. The Balaban J connectivity index is 1.76. The average Bonchev–Trinajstić information content (AvgIpc) is 2.90. The number of aryl methyl sites for hydroxylation is 1. The van der Waals surface area contributed by atoms with Gasteiger partial charge in [-0.15, -0.1) is 0 Å². The van der Waals surface area contributed by atoms with Crippen molar-refractivity contribution in [2.75, 3.05) is 0 Å². The maximum absolute atomic E-state index is 5.23. The molecule has 0 aliphatic rings. The molecule has 0 saturated carbocycles. The first-order chi connectivity index (χ1) is 7.88. The summed E-state index contributed by atoms with van der Waals surface area (Å²) in [7, 11) is 0. The lowest BCUT2D eigenvalue weighted by Gasteiger charge is -2.00. The van der Waals surface area contributed by atoms with Crippen LogP contribution in [0.25, 0.3) is 0 Å². The molecule has 86 valence electrons. The lowest BCUT2D eigenvalue weighted by molar-refractivity contribution is 0.480. The van der Waals surface area contributed by atoms with Crippen LogP contribution in [0.4, 0.5) is 0 Å². The number of hydrogen-bond donors (Lipinski definition) is 1. The Hall–Kier alpha value is -1.55. The van der Waals surface area contributed by atoms with Crippen molar-refractivity contribution in [1.29, 1.82) is 0 Å². The monoisotopic (exact) mass is 219 g/mol. The molecule has 2 heterocycles. The molecular weight excluding hydrogens is 202 g/mol. The van der Waals surface area contributed by atoms with Crippen molar-refractivity contribution in [1.82, 2.24) is 15.1 Å². The standard InChI is InChI=1S/C12H17N3O/c1-2-6-15-7-5-11(14-15)9-13-10-12-4-3-8-16-12/h3-5,7-8,13H,2,6,9-10H2,1H3. The molecule has 4 nitrogen and oxygen atoms in total. The van der Waals surface area contributed by atoms with E-state index in [1.807, 2.05) is 29.1 Å². The second kappa shape index (κ2) is 5.51. The Morgan fingerprint density at radius 2 is 2.31 bits per heavy atom. The Bertz CT molecular complexity index is 406. The molecule has 2 aromatic rings. The van der Waals surface area contributed by atoms with Crippen molar-refractivity contribution in [3.05, 3.63) is 42.1 Å². The van der Waals surface area contributed by atoms with Gasteiger partial charge in [0.1, 0.15) is 5.76 Å². The van der Waals surface area contributed by atoms with Crippen molar-refractivity contribution in [3.8, 4) is 0 Å². The Labute approximate surface area is 95.3 Å². The molecule has 4 heteroatoms. The molecule has 0 saturated heterocycles. The number of furan rings is 1. The van der Waals surface area contributed by atoms with Gasteiger partial charge in [-0.3, -0.25) is 4.68 Å². The van der Waals surface area contributed by atoms with Gasteiger partial charge in [-0.25, -0.2) is 0 Å². The fourth-order valence-electron chi connectivity index (χ4n) is 1.58. The van der Waals surface area contributed by atoms with Crippen LogP contribution in [-0.2, 0) is 19.6 Å². The fraction of sp³-hybridized carbons (Fsp3) is 0.417. The third-order valence-electron chi connectivity index (χ3n) is 2.33. The summed E-state index contributed by atoms with van der Waals surface area (Å²) in [6, 6.07) is 5.90. The Morgan fingerprint density at radius 1 is 1.38 bits per heavy atom. The second-order valence-corrected chi connectivity index (χ2v) is 3.75. The molecule has 0 radical (unpaired) electrons. The van der Waals surface area contributed by atoms with E-state index < -0.39 is 0 Å².